The Morgan fingerprint density at radius 2 is 2.35 bits per heavy atom. The first-order valence-corrected chi connectivity index (χ1v) is 8.08. The van der Waals surface area contributed by atoms with Gasteiger partial charge in [-0.1, -0.05) is 12.1 Å². The van der Waals surface area contributed by atoms with E-state index in [1.165, 1.54) is 0 Å². The van der Waals surface area contributed by atoms with Crippen molar-refractivity contribution in [1.82, 2.24) is 20.4 Å². The van der Waals surface area contributed by atoms with E-state index in [1.54, 1.807) is 6.92 Å². The minimum absolute atomic E-state index is 0.0337. The number of aromatic nitrogens is 2. The Morgan fingerprint density at radius 3 is 3.05 bits per heavy atom. The molecule has 2 heterocycles. The maximum atomic E-state index is 12.1. The van der Waals surface area contributed by atoms with E-state index in [0.29, 0.717) is 29.9 Å². The molecule has 112 valence electrons. The van der Waals surface area contributed by atoms with E-state index in [2.05, 4.69) is 29.3 Å². The molecular weight excluding hydrogens is 276 g/mol. The van der Waals surface area contributed by atoms with Crippen LogP contribution in [0.15, 0.2) is 4.52 Å². The first kappa shape index (κ1) is 15.2. The van der Waals surface area contributed by atoms with Gasteiger partial charge in [-0.25, -0.2) is 4.79 Å². The maximum absolute atomic E-state index is 12.1. The van der Waals surface area contributed by atoms with Crippen LogP contribution in [-0.2, 0) is 6.42 Å². The third-order valence-corrected chi connectivity index (χ3v) is 4.90. The van der Waals surface area contributed by atoms with E-state index < -0.39 is 0 Å². The monoisotopic (exact) mass is 298 g/mol. The van der Waals surface area contributed by atoms with Gasteiger partial charge in [-0.05, 0) is 20.3 Å². The summed E-state index contributed by atoms with van der Waals surface area (Å²) in [6.45, 7) is 7.53. The molecule has 1 aromatic rings. The molecule has 0 aliphatic carbocycles. The molecule has 1 aromatic heterocycles. The fourth-order valence-corrected chi connectivity index (χ4v) is 3.30. The Bertz CT molecular complexity index is 451. The third-order valence-electron chi connectivity index (χ3n) is 3.56. The molecule has 0 bridgehead atoms. The summed E-state index contributed by atoms with van der Waals surface area (Å²) in [7, 11) is 0. The number of carbonyl (C=O) groups is 1. The first-order valence-electron chi connectivity index (χ1n) is 7.03. The minimum Gasteiger partial charge on any atom is -0.339 e. The van der Waals surface area contributed by atoms with Gasteiger partial charge in [0.1, 0.15) is 0 Å². The number of thioether (sulfide) groups is 1. The molecule has 1 aliphatic heterocycles. The molecule has 20 heavy (non-hydrogen) atoms. The van der Waals surface area contributed by atoms with Crippen molar-refractivity contribution in [1.29, 1.82) is 0 Å². The molecule has 2 unspecified atom stereocenters. The number of nitrogens with zero attached hydrogens (tertiary/aromatic N) is 3. The number of aryl methyl sites for hydroxylation is 2. The molecule has 2 rings (SSSR count). The largest absolute Gasteiger partial charge is 0.339 e. The molecule has 0 saturated carbocycles. The zero-order chi connectivity index (χ0) is 14.5. The van der Waals surface area contributed by atoms with Crippen molar-refractivity contribution in [2.45, 2.75) is 44.9 Å². The van der Waals surface area contributed by atoms with Crippen LogP contribution in [0.5, 0.6) is 0 Å². The number of hydrogen-bond acceptors (Lipinski definition) is 5. The fraction of sp³-hybridized carbons (Fsp3) is 0.769. The molecule has 1 aliphatic rings. The average molecular weight is 298 g/mol. The quantitative estimate of drug-likeness (QED) is 0.859. The van der Waals surface area contributed by atoms with Gasteiger partial charge in [-0.3, -0.25) is 0 Å². The highest BCUT2D eigenvalue weighted by atomic mass is 32.2. The highest BCUT2D eigenvalue weighted by Crippen LogP contribution is 2.23. The number of urea groups is 1. The lowest BCUT2D eigenvalue weighted by Gasteiger charge is -2.37. The standard InChI is InChI=1S/C13H22N4O2S/c1-9-10(2)20-8-7-17(9)13(18)14-6-4-5-12-15-11(3)16-19-12/h9-10H,4-8H2,1-3H3,(H,14,18). The summed E-state index contributed by atoms with van der Waals surface area (Å²) >= 11 is 1.93. The van der Waals surface area contributed by atoms with Gasteiger partial charge in [0.2, 0.25) is 5.89 Å². The Morgan fingerprint density at radius 1 is 1.55 bits per heavy atom. The molecule has 2 amide bonds. The number of carbonyl (C=O) groups excluding carboxylic acids is 1. The number of rotatable bonds is 4. The van der Waals surface area contributed by atoms with Crippen molar-refractivity contribution in [2.75, 3.05) is 18.8 Å². The first-order chi connectivity index (χ1) is 9.58. The summed E-state index contributed by atoms with van der Waals surface area (Å²) < 4.78 is 5.03. The topological polar surface area (TPSA) is 71.3 Å². The molecule has 0 aromatic carbocycles. The lowest BCUT2D eigenvalue weighted by Crippen LogP contribution is -2.52. The van der Waals surface area contributed by atoms with Gasteiger partial charge in [-0.2, -0.15) is 16.7 Å². The minimum atomic E-state index is 0.0337. The highest BCUT2D eigenvalue weighted by molar-refractivity contribution is 8.00. The van der Waals surface area contributed by atoms with Crippen LogP contribution in [0.4, 0.5) is 4.79 Å². The van der Waals surface area contributed by atoms with Crippen LogP contribution in [0.1, 0.15) is 32.0 Å². The van der Waals surface area contributed by atoms with Gasteiger partial charge in [-0.15, -0.1) is 0 Å². The lowest BCUT2D eigenvalue weighted by atomic mass is 10.2. The summed E-state index contributed by atoms with van der Waals surface area (Å²) in [5.41, 5.74) is 0. The molecule has 0 spiro atoms. The number of hydrogen-bond donors (Lipinski definition) is 1. The van der Waals surface area contributed by atoms with E-state index in [4.69, 9.17) is 4.52 Å². The van der Waals surface area contributed by atoms with Gasteiger partial charge in [0, 0.05) is 36.6 Å². The van der Waals surface area contributed by atoms with Crippen molar-refractivity contribution in [3.63, 3.8) is 0 Å². The molecule has 1 fully saturated rings. The summed E-state index contributed by atoms with van der Waals surface area (Å²) in [6.07, 6.45) is 1.50. The lowest BCUT2D eigenvalue weighted by molar-refractivity contribution is 0.180. The van der Waals surface area contributed by atoms with Gasteiger partial charge < -0.3 is 14.7 Å². The maximum Gasteiger partial charge on any atom is 0.317 e. The number of nitrogens with one attached hydrogen (secondary N) is 1. The Balaban J connectivity index is 1.69. The van der Waals surface area contributed by atoms with Crippen LogP contribution < -0.4 is 5.32 Å². The van der Waals surface area contributed by atoms with Crippen LogP contribution in [0.25, 0.3) is 0 Å². The van der Waals surface area contributed by atoms with Gasteiger partial charge in [0.15, 0.2) is 5.82 Å². The third kappa shape index (κ3) is 3.88. The molecule has 1 N–H and O–H groups in total. The van der Waals surface area contributed by atoms with E-state index in [-0.39, 0.29) is 12.1 Å². The predicted octanol–water partition coefficient (Wildman–Crippen LogP) is 1.85. The van der Waals surface area contributed by atoms with Crippen LogP contribution >= 0.6 is 11.8 Å². The molecule has 7 heteroatoms. The van der Waals surface area contributed by atoms with E-state index >= 15 is 0 Å². The van der Waals surface area contributed by atoms with Crippen molar-refractivity contribution in [3.05, 3.63) is 11.7 Å². The van der Waals surface area contributed by atoms with E-state index in [1.807, 2.05) is 16.7 Å². The predicted molar refractivity (Wildman–Crippen MR) is 78.8 cm³/mol. The SMILES string of the molecule is Cc1noc(CCCNC(=O)N2CCSC(C)C2C)n1. The fourth-order valence-electron chi connectivity index (χ4n) is 2.20. The normalized spacial score (nSPS) is 22.9. The Labute approximate surface area is 123 Å². The van der Waals surface area contributed by atoms with E-state index in [0.717, 1.165) is 18.7 Å². The second-order valence-corrected chi connectivity index (χ2v) is 6.57. The summed E-state index contributed by atoms with van der Waals surface area (Å²) in [5.74, 6) is 2.30. The second kappa shape index (κ2) is 6.97. The van der Waals surface area contributed by atoms with Crippen molar-refractivity contribution < 1.29 is 9.32 Å². The highest BCUT2D eigenvalue weighted by Gasteiger charge is 2.28. The van der Waals surface area contributed by atoms with Crippen molar-refractivity contribution >= 4 is 17.8 Å². The van der Waals surface area contributed by atoms with Crippen LogP contribution in [0.2, 0.25) is 0 Å². The van der Waals surface area contributed by atoms with Gasteiger partial charge >= 0.3 is 6.03 Å². The van der Waals surface area contributed by atoms with Crippen LogP contribution in [0, 0.1) is 6.92 Å². The summed E-state index contributed by atoms with van der Waals surface area (Å²) in [6, 6.07) is 0.318. The Hall–Kier alpha value is -1.24. The zero-order valence-corrected chi connectivity index (χ0v) is 13.1. The van der Waals surface area contributed by atoms with Gasteiger partial charge in [0.05, 0.1) is 0 Å². The number of amides is 2. The molecule has 0 radical (unpaired) electrons. The molecule has 2 atom stereocenters. The zero-order valence-electron chi connectivity index (χ0n) is 12.3. The molecule has 6 nitrogen and oxygen atoms in total. The van der Waals surface area contributed by atoms with Crippen LogP contribution in [0.3, 0.4) is 0 Å². The van der Waals surface area contributed by atoms with E-state index in [9.17, 15) is 4.79 Å². The van der Waals surface area contributed by atoms with Crippen molar-refractivity contribution in [3.8, 4) is 0 Å². The van der Waals surface area contributed by atoms with Crippen LogP contribution in [-0.4, -0.2) is 51.2 Å². The average Bonchev–Trinajstić information content (AvgIpc) is 2.83. The summed E-state index contributed by atoms with van der Waals surface area (Å²) in [5, 5.41) is 7.20. The molecule has 1 saturated heterocycles. The second-order valence-electron chi connectivity index (χ2n) is 5.08. The Kier molecular flexibility index (Phi) is 5.28. The summed E-state index contributed by atoms with van der Waals surface area (Å²) in [4.78, 5) is 18.2. The smallest absolute Gasteiger partial charge is 0.317 e. The van der Waals surface area contributed by atoms with Gasteiger partial charge in [0.25, 0.3) is 0 Å². The van der Waals surface area contributed by atoms with Crippen molar-refractivity contribution in [2.24, 2.45) is 0 Å². The molecular formula is C13H22N4O2S.